The van der Waals surface area contributed by atoms with Gasteiger partial charge in [-0.25, -0.2) is 4.98 Å². The van der Waals surface area contributed by atoms with Crippen LogP contribution in [0, 0.1) is 11.3 Å². The number of carbonyl (C=O) groups excluding carboxylic acids is 1. The number of carbonyl (C=O) groups is 1. The fraction of sp³-hybridized carbons (Fsp3) is 0.286. The van der Waals surface area contributed by atoms with Gasteiger partial charge in [0.1, 0.15) is 17.3 Å². The highest BCUT2D eigenvalue weighted by Crippen LogP contribution is 2.31. The molecule has 1 aromatic carbocycles. The van der Waals surface area contributed by atoms with Gasteiger partial charge >= 0.3 is 0 Å². The molecule has 8 nitrogen and oxygen atoms in total. The Kier molecular flexibility index (Phi) is 4.02. The Bertz CT molecular complexity index is 1250. The second kappa shape index (κ2) is 6.71. The highest BCUT2D eigenvalue weighted by Gasteiger charge is 2.23. The normalized spacial score (nSPS) is 15.9. The largest absolute Gasteiger partial charge is 0.348 e. The number of fused-ring (bicyclic) bond motifs is 2. The smallest absolute Gasteiger partial charge is 0.270 e. The summed E-state index contributed by atoms with van der Waals surface area (Å²) in [6.45, 7) is 0.538. The molecular weight excluding hydrogens is 368 g/mol. The lowest BCUT2D eigenvalue weighted by Gasteiger charge is -2.17. The molecule has 144 valence electrons. The van der Waals surface area contributed by atoms with Gasteiger partial charge in [0, 0.05) is 35.4 Å². The molecular formula is C21H18N6O2. The zero-order valence-electron chi connectivity index (χ0n) is 15.6. The van der Waals surface area contributed by atoms with Crippen LogP contribution in [-0.4, -0.2) is 20.4 Å². The van der Waals surface area contributed by atoms with Gasteiger partial charge in [-0.3, -0.25) is 14.2 Å². The van der Waals surface area contributed by atoms with Crippen molar-refractivity contribution in [1.82, 2.24) is 19.9 Å². The van der Waals surface area contributed by atoms with Crippen molar-refractivity contribution in [3.05, 3.63) is 57.5 Å². The Morgan fingerprint density at radius 1 is 1.21 bits per heavy atom. The third-order valence-electron chi connectivity index (χ3n) is 5.63. The second-order valence-corrected chi connectivity index (χ2v) is 7.44. The first-order chi connectivity index (χ1) is 14.1. The molecule has 0 unspecified atom stereocenters. The van der Waals surface area contributed by atoms with Gasteiger partial charge in [-0.2, -0.15) is 10.2 Å². The van der Waals surface area contributed by atoms with Gasteiger partial charge in [0.2, 0.25) is 5.95 Å². The van der Waals surface area contributed by atoms with Crippen molar-refractivity contribution in [3.8, 4) is 6.07 Å². The average molecular weight is 386 g/mol. The van der Waals surface area contributed by atoms with Crippen LogP contribution in [0.15, 0.2) is 35.3 Å². The van der Waals surface area contributed by atoms with E-state index in [4.69, 9.17) is 0 Å². The molecule has 2 aliphatic rings. The number of hydrogen-bond donors (Lipinski definition) is 2. The van der Waals surface area contributed by atoms with E-state index < -0.39 is 0 Å². The summed E-state index contributed by atoms with van der Waals surface area (Å²) in [4.78, 5) is 33.7. The maximum atomic E-state index is 12.8. The van der Waals surface area contributed by atoms with E-state index in [-0.39, 0.29) is 23.1 Å². The second-order valence-electron chi connectivity index (χ2n) is 7.44. The lowest BCUT2D eigenvalue weighted by molar-refractivity contribution is 0.0966. The molecule has 8 heteroatoms. The van der Waals surface area contributed by atoms with Crippen LogP contribution in [0.25, 0.3) is 11.0 Å². The number of nitrogens with one attached hydrogen (secondary N) is 2. The number of pyridine rings is 1. The molecule has 1 saturated carbocycles. The van der Waals surface area contributed by atoms with E-state index in [1.807, 2.05) is 18.2 Å². The van der Waals surface area contributed by atoms with Crippen molar-refractivity contribution >= 4 is 28.6 Å². The summed E-state index contributed by atoms with van der Waals surface area (Å²) in [5.74, 6) is 0.244. The van der Waals surface area contributed by atoms with Gasteiger partial charge < -0.3 is 10.6 Å². The molecule has 1 fully saturated rings. The molecule has 1 aliphatic carbocycles. The van der Waals surface area contributed by atoms with Crippen molar-refractivity contribution in [2.75, 3.05) is 5.32 Å². The minimum atomic E-state index is -0.300. The zero-order chi connectivity index (χ0) is 20.0. The third-order valence-corrected chi connectivity index (χ3v) is 5.63. The van der Waals surface area contributed by atoms with Gasteiger partial charge in [-0.1, -0.05) is 18.9 Å². The Morgan fingerprint density at radius 2 is 2.03 bits per heavy atom. The molecule has 0 atom stereocenters. The lowest BCUT2D eigenvalue weighted by atomic mass is 10.1. The van der Waals surface area contributed by atoms with Gasteiger partial charge in [0.15, 0.2) is 0 Å². The Balaban J connectivity index is 1.59. The SMILES string of the molecule is N#Cc1cc2cnc(Nc3ccc4c(c3)C(=O)NC4)nc2n(C2CCCC2)c1=O. The summed E-state index contributed by atoms with van der Waals surface area (Å²) in [7, 11) is 0. The van der Waals surface area contributed by atoms with E-state index in [2.05, 4.69) is 20.6 Å². The summed E-state index contributed by atoms with van der Waals surface area (Å²) < 4.78 is 1.66. The monoisotopic (exact) mass is 386 g/mol. The first-order valence-corrected chi connectivity index (χ1v) is 9.64. The highest BCUT2D eigenvalue weighted by atomic mass is 16.2. The van der Waals surface area contributed by atoms with Gasteiger partial charge in [0.05, 0.1) is 0 Å². The van der Waals surface area contributed by atoms with Crippen molar-refractivity contribution < 1.29 is 4.79 Å². The minimum absolute atomic E-state index is 0.0461. The van der Waals surface area contributed by atoms with Crippen LogP contribution in [0.4, 0.5) is 11.6 Å². The quantitative estimate of drug-likeness (QED) is 0.716. The van der Waals surface area contributed by atoms with Crippen molar-refractivity contribution in [3.63, 3.8) is 0 Å². The van der Waals surface area contributed by atoms with Gasteiger partial charge in [-0.15, -0.1) is 0 Å². The first-order valence-electron chi connectivity index (χ1n) is 9.64. The zero-order valence-corrected chi connectivity index (χ0v) is 15.6. The molecule has 1 aliphatic heterocycles. The fourth-order valence-electron chi connectivity index (χ4n) is 4.18. The Morgan fingerprint density at radius 3 is 2.83 bits per heavy atom. The van der Waals surface area contributed by atoms with Crippen LogP contribution in [0.1, 0.15) is 53.2 Å². The maximum absolute atomic E-state index is 12.8. The summed E-state index contributed by atoms with van der Waals surface area (Å²) in [6, 6.07) is 9.12. The third kappa shape index (κ3) is 2.91. The lowest BCUT2D eigenvalue weighted by Crippen LogP contribution is -2.26. The van der Waals surface area contributed by atoms with E-state index in [9.17, 15) is 14.9 Å². The molecule has 2 N–H and O–H groups in total. The number of nitrogens with zero attached hydrogens (tertiary/aromatic N) is 4. The molecule has 0 bridgehead atoms. The molecule has 0 radical (unpaired) electrons. The van der Waals surface area contributed by atoms with Crippen molar-refractivity contribution in [1.29, 1.82) is 5.26 Å². The predicted molar refractivity (Wildman–Crippen MR) is 107 cm³/mol. The molecule has 2 aromatic heterocycles. The Labute approximate surface area is 166 Å². The molecule has 3 heterocycles. The molecule has 3 aromatic rings. The van der Waals surface area contributed by atoms with E-state index in [1.165, 1.54) is 0 Å². The first kappa shape index (κ1) is 17.4. The summed E-state index contributed by atoms with van der Waals surface area (Å²) in [6.07, 6.45) is 5.54. The maximum Gasteiger partial charge on any atom is 0.270 e. The standard InChI is InChI=1S/C21H18N6O2/c22-9-13-7-14-11-24-21(25-15-6-5-12-10-23-19(28)17(12)8-15)26-18(14)27(20(13)29)16-3-1-2-4-16/h5-8,11,16H,1-4,10H2,(H,23,28)(H,24,25,26). The van der Waals surface area contributed by atoms with E-state index in [0.717, 1.165) is 31.2 Å². The summed E-state index contributed by atoms with van der Waals surface area (Å²) in [5.41, 5.74) is 2.63. The minimum Gasteiger partial charge on any atom is -0.348 e. The topological polar surface area (TPSA) is 113 Å². The number of nitriles is 1. The number of aromatic nitrogens is 3. The number of amides is 1. The van der Waals surface area contributed by atoms with Crippen molar-refractivity contribution in [2.45, 2.75) is 38.3 Å². The van der Waals surface area contributed by atoms with Crippen LogP contribution >= 0.6 is 0 Å². The van der Waals surface area contributed by atoms with Gasteiger partial charge in [0.25, 0.3) is 11.5 Å². The molecule has 0 saturated heterocycles. The highest BCUT2D eigenvalue weighted by molar-refractivity contribution is 5.99. The summed E-state index contributed by atoms with van der Waals surface area (Å²) in [5, 5.41) is 15.9. The van der Waals surface area contributed by atoms with Crippen molar-refractivity contribution in [2.24, 2.45) is 0 Å². The van der Waals surface area contributed by atoms with E-state index in [0.29, 0.717) is 34.8 Å². The number of benzene rings is 1. The number of anilines is 2. The van der Waals surface area contributed by atoms with Crippen LogP contribution in [0.3, 0.4) is 0 Å². The molecule has 5 rings (SSSR count). The van der Waals surface area contributed by atoms with Gasteiger partial charge in [-0.05, 0) is 36.6 Å². The average Bonchev–Trinajstić information content (AvgIpc) is 3.38. The molecule has 29 heavy (non-hydrogen) atoms. The molecule has 0 spiro atoms. The number of rotatable bonds is 3. The van der Waals surface area contributed by atoms with E-state index >= 15 is 0 Å². The van der Waals surface area contributed by atoms with E-state index in [1.54, 1.807) is 22.9 Å². The fourth-order valence-corrected chi connectivity index (χ4v) is 4.18. The van der Waals surface area contributed by atoms with Crippen LogP contribution in [0.2, 0.25) is 0 Å². The summed E-state index contributed by atoms with van der Waals surface area (Å²) >= 11 is 0. The Hall–Kier alpha value is -3.73. The predicted octanol–water partition coefficient (Wildman–Crippen LogP) is 2.77. The van der Waals surface area contributed by atoms with Crippen LogP contribution < -0.4 is 16.2 Å². The number of hydrogen-bond acceptors (Lipinski definition) is 6. The van der Waals surface area contributed by atoms with Crippen LogP contribution in [0.5, 0.6) is 0 Å². The van der Waals surface area contributed by atoms with Crippen LogP contribution in [-0.2, 0) is 6.54 Å². The molecule has 1 amide bonds.